The van der Waals surface area contributed by atoms with E-state index in [-0.39, 0.29) is 42.2 Å². The zero-order valence-corrected chi connectivity index (χ0v) is 20.3. The molecule has 4 rings (SSSR count). The molecular formula is C25H34N2O5S. The van der Waals surface area contributed by atoms with E-state index in [9.17, 15) is 19.5 Å². The number of rotatable bonds is 9. The number of nitrogens with zero attached hydrogens (tertiary/aromatic N) is 1. The summed E-state index contributed by atoms with van der Waals surface area (Å²) in [5.74, 6) is -1.89. The lowest BCUT2D eigenvalue weighted by Gasteiger charge is -2.40. The molecular weight excluding hydrogens is 440 g/mol. The summed E-state index contributed by atoms with van der Waals surface area (Å²) in [5.41, 5.74) is 0.774. The number of carbonyl (C=O) groups is 3. The highest BCUT2D eigenvalue weighted by Gasteiger charge is 2.76. The van der Waals surface area contributed by atoms with Crippen LogP contribution in [0.5, 0.6) is 0 Å². The third-order valence-corrected chi connectivity index (χ3v) is 9.59. The molecule has 1 spiro atoms. The molecule has 1 aromatic carbocycles. The molecule has 2 bridgehead atoms. The summed E-state index contributed by atoms with van der Waals surface area (Å²) in [6.07, 6.45) is 2.56. The maximum atomic E-state index is 14.1. The lowest BCUT2D eigenvalue weighted by molar-refractivity contribution is -0.154. The summed E-state index contributed by atoms with van der Waals surface area (Å²) in [7, 11) is 0. The molecule has 2 N–H and O–H groups in total. The second-order valence-electron chi connectivity index (χ2n) is 9.30. The van der Waals surface area contributed by atoms with Gasteiger partial charge in [0.1, 0.15) is 6.04 Å². The zero-order chi connectivity index (χ0) is 23.8. The van der Waals surface area contributed by atoms with E-state index in [0.29, 0.717) is 6.54 Å². The third-order valence-electron chi connectivity index (χ3n) is 7.51. The van der Waals surface area contributed by atoms with Crippen molar-refractivity contribution >= 4 is 29.5 Å². The first kappa shape index (κ1) is 24.1. The third kappa shape index (κ3) is 3.75. The molecule has 33 heavy (non-hydrogen) atoms. The highest BCUT2D eigenvalue weighted by atomic mass is 32.2. The van der Waals surface area contributed by atoms with E-state index in [0.717, 1.165) is 24.8 Å². The van der Waals surface area contributed by atoms with Crippen molar-refractivity contribution in [2.45, 2.75) is 62.1 Å². The zero-order valence-electron chi connectivity index (χ0n) is 19.5. The molecule has 0 aromatic heterocycles. The molecule has 3 heterocycles. The molecule has 3 aliphatic heterocycles. The van der Waals surface area contributed by atoms with Gasteiger partial charge in [0, 0.05) is 11.8 Å². The molecule has 0 saturated carbocycles. The van der Waals surface area contributed by atoms with E-state index in [4.69, 9.17) is 4.74 Å². The van der Waals surface area contributed by atoms with Gasteiger partial charge in [-0.2, -0.15) is 0 Å². The predicted octanol–water partition coefficient (Wildman–Crippen LogP) is 2.54. The Balaban J connectivity index is 1.79. The van der Waals surface area contributed by atoms with Gasteiger partial charge in [0.2, 0.25) is 11.8 Å². The van der Waals surface area contributed by atoms with Gasteiger partial charge < -0.3 is 20.1 Å². The van der Waals surface area contributed by atoms with Crippen LogP contribution in [0.15, 0.2) is 30.3 Å². The quantitative estimate of drug-likeness (QED) is 0.422. The Morgan fingerprint density at radius 3 is 2.67 bits per heavy atom. The molecule has 3 saturated heterocycles. The Hall–Kier alpha value is -2.06. The van der Waals surface area contributed by atoms with Gasteiger partial charge in [-0.1, -0.05) is 50.6 Å². The van der Waals surface area contributed by atoms with Crippen molar-refractivity contribution in [2.75, 3.05) is 19.8 Å². The molecule has 8 heteroatoms. The molecule has 3 aliphatic rings. The molecule has 1 aromatic rings. The molecule has 3 fully saturated rings. The fourth-order valence-corrected chi connectivity index (χ4v) is 8.51. The maximum absolute atomic E-state index is 14.1. The lowest BCUT2D eigenvalue weighted by Crippen LogP contribution is -2.57. The first-order chi connectivity index (χ1) is 15.9. The average Bonchev–Trinajstić information content (AvgIpc) is 3.40. The number of nitrogens with one attached hydrogen (secondary N) is 1. The van der Waals surface area contributed by atoms with Crippen LogP contribution in [0.2, 0.25) is 0 Å². The van der Waals surface area contributed by atoms with Crippen LogP contribution in [0, 0.1) is 17.8 Å². The smallest absolute Gasteiger partial charge is 0.310 e. The van der Waals surface area contributed by atoms with Crippen molar-refractivity contribution < 1.29 is 24.2 Å². The van der Waals surface area contributed by atoms with E-state index < -0.39 is 28.7 Å². The summed E-state index contributed by atoms with van der Waals surface area (Å²) in [6, 6.07) is 7.91. The van der Waals surface area contributed by atoms with Gasteiger partial charge >= 0.3 is 5.97 Å². The molecule has 7 atom stereocenters. The van der Waals surface area contributed by atoms with Crippen LogP contribution in [0.3, 0.4) is 0 Å². The largest absolute Gasteiger partial charge is 0.466 e. The second-order valence-corrected chi connectivity index (χ2v) is 10.9. The van der Waals surface area contributed by atoms with Crippen molar-refractivity contribution in [3.05, 3.63) is 35.9 Å². The van der Waals surface area contributed by atoms with E-state index in [1.165, 1.54) is 0 Å². The fourth-order valence-electron chi connectivity index (χ4n) is 6.12. The van der Waals surface area contributed by atoms with Crippen LogP contribution in [-0.4, -0.2) is 63.6 Å². The van der Waals surface area contributed by atoms with Crippen LogP contribution < -0.4 is 5.32 Å². The highest BCUT2D eigenvalue weighted by molar-refractivity contribution is 8.02. The fraction of sp³-hybridized carbons (Fsp3) is 0.640. The summed E-state index contributed by atoms with van der Waals surface area (Å²) in [4.78, 5) is 42.3. The van der Waals surface area contributed by atoms with Gasteiger partial charge in [0.25, 0.3) is 0 Å². The van der Waals surface area contributed by atoms with E-state index in [2.05, 4.69) is 19.2 Å². The predicted molar refractivity (Wildman–Crippen MR) is 126 cm³/mol. The Morgan fingerprint density at radius 2 is 2.03 bits per heavy atom. The van der Waals surface area contributed by atoms with Crippen LogP contribution in [0.4, 0.5) is 0 Å². The van der Waals surface area contributed by atoms with Crippen LogP contribution in [0.1, 0.15) is 51.6 Å². The van der Waals surface area contributed by atoms with Crippen LogP contribution in [0.25, 0.3) is 0 Å². The van der Waals surface area contributed by atoms with Crippen molar-refractivity contribution in [1.82, 2.24) is 10.2 Å². The molecule has 3 unspecified atom stereocenters. The minimum atomic E-state index is -0.756. The number of likely N-dealkylation sites (tertiary alicyclic amines) is 1. The number of esters is 1. The minimum Gasteiger partial charge on any atom is -0.466 e. The van der Waals surface area contributed by atoms with E-state index in [1.54, 1.807) is 23.6 Å². The number of thioether (sulfide) groups is 1. The van der Waals surface area contributed by atoms with Gasteiger partial charge in [-0.05, 0) is 31.2 Å². The monoisotopic (exact) mass is 474 g/mol. The van der Waals surface area contributed by atoms with Crippen molar-refractivity contribution in [2.24, 2.45) is 17.8 Å². The number of aliphatic hydroxyl groups is 1. The van der Waals surface area contributed by atoms with Gasteiger partial charge in [0.15, 0.2) is 0 Å². The standard InChI is InChI=1S/C25H34N2O5S/c1-4-6-12-26-22(29)21-25-15(3)13-18(33-25)19(24(31)32-5-2)20(25)23(30)27(21)17(14-28)16-10-8-7-9-11-16/h7-11,15,17-21,28H,4-6,12-14H2,1-3H3,(H,26,29)/t15?,17-,18-,19+,20+,21?,25?/m1/s1. The lowest BCUT2D eigenvalue weighted by atomic mass is 9.66. The van der Waals surface area contributed by atoms with Gasteiger partial charge in [-0.15, -0.1) is 11.8 Å². The Bertz CT molecular complexity index is 896. The molecule has 0 radical (unpaired) electrons. The SMILES string of the molecule is CCCCNC(=O)C1N([C@H](CO)c2ccccc2)C(=O)[C@@H]2[C@@H](C(=O)OCC)[C@H]3CC(C)C12S3. The number of amides is 2. The summed E-state index contributed by atoms with van der Waals surface area (Å²) in [5, 5.41) is 13.4. The van der Waals surface area contributed by atoms with Gasteiger partial charge in [-0.3, -0.25) is 14.4 Å². The molecule has 7 nitrogen and oxygen atoms in total. The van der Waals surface area contributed by atoms with Gasteiger partial charge in [-0.25, -0.2) is 0 Å². The number of benzene rings is 1. The number of ether oxygens (including phenoxy) is 1. The Kier molecular flexibility index (Phi) is 7.05. The summed E-state index contributed by atoms with van der Waals surface area (Å²) >= 11 is 1.62. The Morgan fingerprint density at radius 1 is 1.30 bits per heavy atom. The number of carbonyl (C=O) groups excluding carboxylic acids is 3. The van der Waals surface area contributed by atoms with E-state index >= 15 is 0 Å². The first-order valence-corrected chi connectivity index (χ1v) is 12.9. The number of aliphatic hydroxyl groups excluding tert-OH is 1. The highest BCUT2D eigenvalue weighted by Crippen LogP contribution is 2.69. The van der Waals surface area contributed by atoms with Crippen molar-refractivity contribution in [3.8, 4) is 0 Å². The number of hydrogen-bond acceptors (Lipinski definition) is 6. The van der Waals surface area contributed by atoms with E-state index in [1.807, 2.05) is 30.3 Å². The minimum absolute atomic E-state index is 0.0367. The number of unbranched alkanes of at least 4 members (excludes halogenated alkanes) is 1. The summed E-state index contributed by atoms with van der Waals surface area (Å²) in [6.45, 7) is 6.40. The van der Waals surface area contributed by atoms with Crippen molar-refractivity contribution in [1.29, 1.82) is 0 Å². The normalized spacial score (nSPS) is 33.2. The first-order valence-electron chi connectivity index (χ1n) is 12.0. The second kappa shape index (κ2) is 9.66. The van der Waals surface area contributed by atoms with Crippen molar-refractivity contribution in [3.63, 3.8) is 0 Å². The molecule has 180 valence electrons. The molecule has 2 amide bonds. The molecule has 0 aliphatic carbocycles. The topological polar surface area (TPSA) is 95.9 Å². The summed E-state index contributed by atoms with van der Waals surface area (Å²) < 4.78 is 4.67. The number of fused-ring (bicyclic) bond motifs is 1. The maximum Gasteiger partial charge on any atom is 0.310 e. The average molecular weight is 475 g/mol. The Labute approximate surface area is 199 Å². The van der Waals surface area contributed by atoms with Crippen LogP contribution >= 0.6 is 11.8 Å². The van der Waals surface area contributed by atoms with Gasteiger partial charge in [0.05, 0.1) is 35.8 Å². The number of hydrogen-bond donors (Lipinski definition) is 2. The van der Waals surface area contributed by atoms with Crippen LogP contribution in [-0.2, 0) is 19.1 Å².